The minimum atomic E-state index is 0.361. The number of aryl methyl sites for hydroxylation is 3. The molecule has 1 aliphatic heterocycles. The molecule has 3 heterocycles. The van der Waals surface area contributed by atoms with Gasteiger partial charge in [0.2, 0.25) is 0 Å². The molecule has 2 aromatic heterocycles. The number of aromatic nitrogens is 3. The van der Waals surface area contributed by atoms with E-state index in [0.717, 1.165) is 41.0 Å². The number of hydrogen-bond acceptors (Lipinski definition) is 4. The van der Waals surface area contributed by atoms with Gasteiger partial charge >= 0.3 is 0 Å². The third-order valence-electron chi connectivity index (χ3n) is 5.59. The van der Waals surface area contributed by atoms with Gasteiger partial charge in [-0.2, -0.15) is 5.10 Å². The van der Waals surface area contributed by atoms with Crippen LogP contribution in [0.2, 0.25) is 0 Å². The zero-order chi connectivity index (χ0) is 18.4. The van der Waals surface area contributed by atoms with Crippen molar-refractivity contribution in [3.05, 3.63) is 46.9 Å². The molecule has 0 radical (unpaired) electrons. The van der Waals surface area contributed by atoms with Crippen molar-refractivity contribution in [2.24, 2.45) is 7.05 Å². The minimum absolute atomic E-state index is 0.361. The van der Waals surface area contributed by atoms with Gasteiger partial charge in [-0.3, -0.25) is 4.68 Å². The van der Waals surface area contributed by atoms with Gasteiger partial charge in [0.15, 0.2) is 0 Å². The van der Waals surface area contributed by atoms with E-state index < -0.39 is 0 Å². The Kier molecular flexibility index (Phi) is 4.10. The summed E-state index contributed by atoms with van der Waals surface area (Å²) in [5, 5.41) is 5.80. The molecule has 1 fully saturated rings. The normalized spacial score (nSPS) is 17.3. The summed E-state index contributed by atoms with van der Waals surface area (Å²) in [4.78, 5) is 7.28. The molecule has 0 spiro atoms. The Bertz CT molecular complexity index is 976. The molecule has 1 aromatic carbocycles. The highest BCUT2D eigenvalue weighted by Crippen LogP contribution is 2.42. The predicted molar refractivity (Wildman–Crippen MR) is 105 cm³/mol. The summed E-state index contributed by atoms with van der Waals surface area (Å²) in [5.74, 6) is 0.830. The number of anilines is 1. The highest BCUT2D eigenvalue weighted by molar-refractivity contribution is 5.95. The molecule has 0 amide bonds. The van der Waals surface area contributed by atoms with Crippen molar-refractivity contribution in [1.29, 1.82) is 0 Å². The molecule has 0 bridgehead atoms. The molecule has 5 nitrogen and oxygen atoms in total. The number of rotatable bonds is 3. The van der Waals surface area contributed by atoms with E-state index in [2.05, 4.69) is 42.9 Å². The van der Waals surface area contributed by atoms with Gasteiger partial charge in [0.1, 0.15) is 11.3 Å². The highest BCUT2D eigenvalue weighted by Gasteiger charge is 2.31. The molecule has 1 aliphatic rings. The maximum Gasteiger partial charge on any atom is 0.145 e. The first-order valence-corrected chi connectivity index (χ1v) is 9.22. The van der Waals surface area contributed by atoms with E-state index in [0.29, 0.717) is 6.04 Å². The third-order valence-corrected chi connectivity index (χ3v) is 5.59. The molecule has 0 saturated carbocycles. The van der Waals surface area contributed by atoms with E-state index in [1.165, 1.54) is 23.4 Å². The van der Waals surface area contributed by atoms with Crippen LogP contribution in [0.15, 0.2) is 24.3 Å². The van der Waals surface area contributed by atoms with Crippen molar-refractivity contribution in [2.45, 2.75) is 39.7 Å². The van der Waals surface area contributed by atoms with Crippen molar-refractivity contribution in [3.8, 4) is 5.75 Å². The summed E-state index contributed by atoms with van der Waals surface area (Å²) in [5.41, 5.74) is 6.96. The molecule has 1 saturated heterocycles. The van der Waals surface area contributed by atoms with Gasteiger partial charge in [0.05, 0.1) is 18.8 Å². The molecule has 26 heavy (non-hydrogen) atoms. The van der Waals surface area contributed by atoms with Crippen LogP contribution in [0.3, 0.4) is 0 Å². The summed E-state index contributed by atoms with van der Waals surface area (Å²) in [6.45, 7) is 7.40. The van der Waals surface area contributed by atoms with Crippen LogP contribution in [0, 0.1) is 20.8 Å². The Morgan fingerprint density at radius 2 is 2.00 bits per heavy atom. The van der Waals surface area contributed by atoms with Gasteiger partial charge in [-0.25, -0.2) is 4.98 Å². The Morgan fingerprint density at radius 1 is 1.19 bits per heavy atom. The quantitative estimate of drug-likeness (QED) is 0.708. The van der Waals surface area contributed by atoms with Crippen molar-refractivity contribution in [1.82, 2.24) is 14.8 Å². The largest absolute Gasteiger partial charge is 0.494 e. The number of fused-ring (bicyclic) bond motifs is 1. The third kappa shape index (κ3) is 2.54. The Hall–Kier alpha value is -2.56. The molecule has 0 aliphatic carbocycles. The lowest BCUT2D eigenvalue weighted by molar-refractivity contribution is 0.419. The maximum atomic E-state index is 5.56. The second kappa shape index (κ2) is 6.31. The van der Waals surface area contributed by atoms with E-state index >= 15 is 0 Å². The molecular weight excluding hydrogens is 324 g/mol. The number of benzene rings is 1. The van der Waals surface area contributed by atoms with E-state index in [9.17, 15) is 0 Å². The molecule has 0 N–H and O–H groups in total. The SMILES string of the molecule is COc1cccc2c(N3CCCC3c3c(C)nn(C)c3C)cc(C)nc12. The number of nitrogens with zero attached hydrogens (tertiary/aromatic N) is 4. The number of ether oxygens (including phenoxy) is 1. The highest BCUT2D eigenvalue weighted by atomic mass is 16.5. The summed E-state index contributed by atoms with van der Waals surface area (Å²) in [7, 11) is 3.74. The second-order valence-corrected chi connectivity index (χ2v) is 7.20. The average molecular weight is 350 g/mol. The van der Waals surface area contributed by atoms with Gasteiger partial charge < -0.3 is 9.64 Å². The van der Waals surface area contributed by atoms with Crippen LogP contribution in [-0.2, 0) is 7.05 Å². The first-order valence-electron chi connectivity index (χ1n) is 9.22. The summed E-state index contributed by atoms with van der Waals surface area (Å²) >= 11 is 0. The first kappa shape index (κ1) is 16.9. The summed E-state index contributed by atoms with van der Waals surface area (Å²) < 4.78 is 7.56. The van der Waals surface area contributed by atoms with Crippen LogP contribution in [0.5, 0.6) is 5.75 Å². The van der Waals surface area contributed by atoms with Crippen molar-refractivity contribution >= 4 is 16.6 Å². The lowest BCUT2D eigenvalue weighted by atomic mass is 10.0. The maximum absolute atomic E-state index is 5.56. The second-order valence-electron chi connectivity index (χ2n) is 7.20. The molecule has 1 unspecified atom stereocenters. The molecule has 136 valence electrons. The fourth-order valence-corrected chi connectivity index (χ4v) is 4.36. The van der Waals surface area contributed by atoms with Gasteiger partial charge in [-0.1, -0.05) is 12.1 Å². The molecule has 3 aromatic rings. The molecule has 4 rings (SSSR count). The predicted octanol–water partition coefficient (Wildman–Crippen LogP) is 4.24. The van der Waals surface area contributed by atoms with Crippen LogP contribution in [0.25, 0.3) is 10.9 Å². The fraction of sp³-hybridized carbons (Fsp3) is 0.429. The lowest BCUT2D eigenvalue weighted by Gasteiger charge is -2.29. The Balaban J connectivity index is 1.89. The van der Waals surface area contributed by atoms with Crippen molar-refractivity contribution in [3.63, 3.8) is 0 Å². The number of para-hydroxylation sites is 1. The molecule has 1 atom stereocenters. The van der Waals surface area contributed by atoms with E-state index in [4.69, 9.17) is 9.72 Å². The molecule has 5 heteroatoms. The zero-order valence-corrected chi connectivity index (χ0v) is 16.2. The van der Waals surface area contributed by atoms with Crippen molar-refractivity contribution < 1.29 is 4.74 Å². The number of hydrogen-bond donors (Lipinski definition) is 0. The standard InChI is InChI=1S/C21H26N4O/c1-13-12-18(16-8-6-10-19(26-5)21(16)22-13)25-11-7-9-17(25)20-14(2)23-24(4)15(20)3/h6,8,10,12,17H,7,9,11H2,1-5H3. The van der Waals surface area contributed by atoms with E-state index in [1.807, 2.05) is 23.9 Å². The van der Waals surface area contributed by atoms with Crippen LogP contribution in [0.1, 0.15) is 41.5 Å². The molecular formula is C21H26N4O. The minimum Gasteiger partial charge on any atom is -0.494 e. The number of methoxy groups -OCH3 is 1. The van der Waals surface area contributed by atoms with Crippen LogP contribution < -0.4 is 9.64 Å². The topological polar surface area (TPSA) is 43.2 Å². The smallest absolute Gasteiger partial charge is 0.145 e. The van der Waals surface area contributed by atoms with Crippen LogP contribution in [-0.4, -0.2) is 28.4 Å². The average Bonchev–Trinajstić information content (AvgIpc) is 3.18. The van der Waals surface area contributed by atoms with Gasteiger partial charge in [0, 0.05) is 41.6 Å². The zero-order valence-electron chi connectivity index (χ0n) is 16.2. The van der Waals surface area contributed by atoms with E-state index in [1.54, 1.807) is 7.11 Å². The fourth-order valence-electron chi connectivity index (χ4n) is 4.36. The van der Waals surface area contributed by atoms with E-state index in [-0.39, 0.29) is 0 Å². The first-order chi connectivity index (χ1) is 12.5. The van der Waals surface area contributed by atoms with Gasteiger partial charge in [-0.15, -0.1) is 0 Å². The van der Waals surface area contributed by atoms with Crippen LogP contribution in [0.4, 0.5) is 5.69 Å². The summed E-state index contributed by atoms with van der Waals surface area (Å²) in [6, 6.07) is 8.75. The lowest BCUT2D eigenvalue weighted by Crippen LogP contribution is -2.24. The monoisotopic (exact) mass is 350 g/mol. The Labute approximate surface area is 154 Å². The van der Waals surface area contributed by atoms with Gasteiger partial charge in [0.25, 0.3) is 0 Å². The number of pyridine rings is 1. The van der Waals surface area contributed by atoms with Gasteiger partial charge in [-0.05, 0) is 45.7 Å². The van der Waals surface area contributed by atoms with Crippen molar-refractivity contribution in [2.75, 3.05) is 18.6 Å². The Morgan fingerprint density at radius 3 is 2.69 bits per heavy atom. The summed E-state index contributed by atoms with van der Waals surface area (Å²) in [6.07, 6.45) is 2.34. The van der Waals surface area contributed by atoms with Crippen LogP contribution >= 0.6 is 0 Å².